The average molecular weight is 349 g/mol. The zero-order valence-corrected chi connectivity index (χ0v) is 14.5. The molecule has 1 amide bonds. The summed E-state index contributed by atoms with van der Waals surface area (Å²) in [5.74, 6) is -0.0184. The molecule has 0 aromatic heterocycles. The van der Waals surface area contributed by atoms with Gasteiger partial charge >= 0.3 is 0 Å². The molecule has 138 valence electrons. The van der Waals surface area contributed by atoms with Crippen LogP contribution in [0.4, 0.5) is 4.39 Å². The third kappa shape index (κ3) is 4.57. The number of aliphatic hydroxyl groups is 1. The number of nitrogens with one attached hydrogen (secondary N) is 1. The number of halogens is 1. The first-order valence-corrected chi connectivity index (χ1v) is 9.22. The van der Waals surface area contributed by atoms with Gasteiger partial charge in [0.15, 0.2) is 0 Å². The molecule has 25 heavy (non-hydrogen) atoms. The maximum absolute atomic E-state index is 13.1. The van der Waals surface area contributed by atoms with Crippen molar-refractivity contribution in [3.05, 3.63) is 35.6 Å². The van der Waals surface area contributed by atoms with Crippen molar-refractivity contribution < 1.29 is 14.3 Å². The topological polar surface area (TPSA) is 78.6 Å². The molecule has 4 N–H and O–H groups in total. The number of benzene rings is 1. The first-order valence-electron chi connectivity index (χ1n) is 9.22. The van der Waals surface area contributed by atoms with Crippen LogP contribution < -0.4 is 11.1 Å². The molecule has 0 bridgehead atoms. The number of nitrogens with two attached hydrogens (primary N) is 1. The molecule has 2 fully saturated rings. The summed E-state index contributed by atoms with van der Waals surface area (Å²) in [7, 11) is 0. The second-order valence-corrected chi connectivity index (χ2v) is 7.40. The van der Waals surface area contributed by atoms with Crippen LogP contribution in [0.3, 0.4) is 0 Å². The molecule has 0 spiro atoms. The number of hydrogen-bond acceptors (Lipinski definition) is 4. The van der Waals surface area contributed by atoms with Gasteiger partial charge in [-0.3, -0.25) is 9.69 Å². The summed E-state index contributed by atoms with van der Waals surface area (Å²) in [5.41, 5.74) is 7.25. The second kappa shape index (κ2) is 8.25. The van der Waals surface area contributed by atoms with Gasteiger partial charge in [-0.15, -0.1) is 0 Å². The summed E-state index contributed by atoms with van der Waals surface area (Å²) in [6.07, 6.45) is 5.13. The Balaban J connectivity index is 1.66. The number of aliphatic hydroxyl groups excluding tert-OH is 1. The van der Waals surface area contributed by atoms with Gasteiger partial charge in [0.2, 0.25) is 5.91 Å². The van der Waals surface area contributed by atoms with Gasteiger partial charge in [0.25, 0.3) is 0 Å². The summed E-state index contributed by atoms with van der Waals surface area (Å²) < 4.78 is 13.1. The molecule has 1 aliphatic carbocycles. The Hall–Kier alpha value is -1.50. The molecule has 1 saturated heterocycles. The highest BCUT2D eigenvalue weighted by molar-refractivity contribution is 5.83. The van der Waals surface area contributed by atoms with Gasteiger partial charge in [-0.25, -0.2) is 4.39 Å². The van der Waals surface area contributed by atoms with E-state index >= 15 is 0 Å². The molecular weight excluding hydrogens is 321 g/mol. The smallest absolute Gasteiger partial charge is 0.240 e. The summed E-state index contributed by atoms with van der Waals surface area (Å²) in [6, 6.07) is 6.01. The van der Waals surface area contributed by atoms with E-state index in [0.29, 0.717) is 18.9 Å². The Kier molecular flexibility index (Phi) is 6.04. The lowest BCUT2D eigenvalue weighted by atomic mass is 9.84. The normalized spacial score (nSPS) is 30.9. The molecule has 3 rings (SSSR count). The molecule has 0 radical (unpaired) electrons. The van der Waals surface area contributed by atoms with Crippen molar-refractivity contribution in [1.82, 2.24) is 10.2 Å². The minimum absolute atomic E-state index is 0.0411. The lowest BCUT2D eigenvalue weighted by Crippen LogP contribution is -2.63. The fraction of sp³-hybridized carbons (Fsp3) is 0.632. The van der Waals surface area contributed by atoms with Crippen molar-refractivity contribution in [2.24, 2.45) is 11.7 Å². The average Bonchev–Trinajstić information content (AvgIpc) is 2.59. The molecule has 2 aliphatic rings. The number of carbonyl (C=O) groups excluding carboxylic acids is 1. The van der Waals surface area contributed by atoms with Crippen LogP contribution in [0.25, 0.3) is 0 Å². The third-order valence-corrected chi connectivity index (χ3v) is 5.55. The summed E-state index contributed by atoms with van der Waals surface area (Å²) >= 11 is 0. The van der Waals surface area contributed by atoms with E-state index in [9.17, 15) is 14.3 Å². The van der Waals surface area contributed by atoms with Gasteiger partial charge < -0.3 is 16.2 Å². The fourth-order valence-corrected chi connectivity index (χ4v) is 4.10. The van der Waals surface area contributed by atoms with Crippen LogP contribution in [0.1, 0.15) is 31.2 Å². The van der Waals surface area contributed by atoms with Crippen LogP contribution in [0.15, 0.2) is 24.3 Å². The molecule has 0 unspecified atom stereocenters. The van der Waals surface area contributed by atoms with E-state index in [1.807, 2.05) is 0 Å². The fourth-order valence-electron chi connectivity index (χ4n) is 4.10. The summed E-state index contributed by atoms with van der Waals surface area (Å²) in [4.78, 5) is 14.5. The Labute approximate surface area is 148 Å². The van der Waals surface area contributed by atoms with E-state index in [0.717, 1.165) is 24.9 Å². The minimum atomic E-state index is -0.501. The van der Waals surface area contributed by atoms with Crippen molar-refractivity contribution >= 4 is 5.91 Å². The van der Waals surface area contributed by atoms with Crippen molar-refractivity contribution in [1.29, 1.82) is 0 Å². The number of piperazine rings is 1. The van der Waals surface area contributed by atoms with Crippen LogP contribution >= 0.6 is 0 Å². The maximum atomic E-state index is 13.1. The highest BCUT2D eigenvalue weighted by Gasteiger charge is 2.36. The Morgan fingerprint density at radius 3 is 2.64 bits per heavy atom. The SMILES string of the molecule is N[C@@H]1CCCC[C@H]1CN1C[C@H](Cc2ccc(F)cc2)NC(=O)[C@@H]1CO. The van der Waals surface area contributed by atoms with Gasteiger partial charge in [0, 0.05) is 25.2 Å². The molecular formula is C19H28FN3O2. The number of carbonyl (C=O) groups is 1. The zero-order valence-electron chi connectivity index (χ0n) is 14.5. The van der Waals surface area contributed by atoms with Gasteiger partial charge in [-0.1, -0.05) is 25.0 Å². The molecule has 1 aromatic rings. The van der Waals surface area contributed by atoms with Crippen LogP contribution in [0.2, 0.25) is 0 Å². The predicted molar refractivity (Wildman–Crippen MR) is 94.4 cm³/mol. The first kappa shape index (κ1) is 18.3. The van der Waals surface area contributed by atoms with Crippen LogP contribution in [-0.2, 0) is 11.2 Å². The molecule has 4 atom stereocenters. The molecule has 5 nitrogen and oxygen atoms in total. The number of nitrogens with zero attached hydrogens (tertiary/aromatic N) is 1. The lowest BCUT2D eigenvalue weighted by molar-refractivity contribution is -0.133. The largest absolute Gasteiger partial charge is 0.394 e. The summed E-state index contributed by atoms with van der Waals surface area (Å²) in [6.45, 7) is 1.24. The molecule has 1 aliphatic heterocycles. The first-order chi connectivity index (χ1) is 12.1. The highest BCUT2D eigenvalue weighted by Crippen LogP contribution is 2.25. The molecule has 1 saturated carbocycles. The molecule has 1 aromatic carbocycles. The number of amides is 1. The van der Waals surface area contributed by atoms with Crippen molar-refractivity contribution in [2.75, 3.05) is 19.7 Å². The second-order valence-electron chi connectivity index (χ2n) is 7.40. The van der Waals surface area contributed by atoms with Gasteiger partial charge in [-0.05, 0) is 42.9 Å². The standard InChI is InChI=1S/C19H28FN3O2/c20-15-7-5-13(6-8-15)9-16-11-23(18(12-24)19(25)22-16)10-14-3-1-2-4-17(14)21/h5-8,14,16-18,24H,1-4,9-12,21H2,(H,22,25)/t14-,16-,17+,18-/m0/s1. The monoisotopic (exact) mass is 349 g/mol. The van der Waals surface area contributed by atoms with Crippen LogP contribution in [0, 0.1) is 11.7 Å². The lowest BCUT2D eigenvalue weighted by Gasteiger charge is -2.42. The van der Waals surface area contributed by atoms with E-state index in [2.05, 4.69) is 10.2 Å². The van der Waals surface area contributed by atoms with Crippen molar-refractivity contribution in [3.63, 3.8) is 0 Å². The van der Waals surface area contributed by atoms with Gasteiger partial charge in [0.05, 0.1) is 6.61 Å². The summed E-state index contributed by atoms with van der Waals surface area (Å²) in [5, 5.41) is 12.7. The van der Waals surface area contributed by atoms with Gasteiger partial charge in [0.1, 0.15) is 11.9 Å². The van der Waals surface area contributed by atoms with E-state index in [1.54, 1.807) is 12.1 Å². The quantitative estimate of drug-likeness (QED) is 0.742. The number of hydrogen-bond donors (Lipinski definition) is 3. The Morgan fingerprint density at radius 2 is 1.96 bits per heavy atom. The third-order valence-electron chi connectivity index (χ3n) is 5.55. The highest BCUT2D eigenvalue weighted by atomic mass is 19.1. The van der Waals surface area contributed by atoms with E-state index in [1.165, 1.54) is 25.0 Å². The van der Waals surface area contributed by atoms with E-state index in [-0.39, 0.29) is 30.4 Å². The Morgan fingerprint density at radius 1 is 1.24 bits per heavy atom. The van der Waals surface area contributed by atoms with E-state index < -0.39 is 6.04 Å². The Bertz CT molecular complexity index is 581. The van der Waals surface area contributed by atoms with Crippen LogP contribution in [0.5, 0.6) is 0 Å². The van der Waals surface area contributed by atoms with Crippen molar-refractivity contribution in [3.8, 4) is 0 Å². The van der Waals surface area contributed by atoms with Crippen LogP contribution in [-0.4, -0.2) is 53.7 Å². The maximum Gasteiger partial charge on any atom is 0.240 e. The predicted octanol–water partition coefficient (Wildman–Crippen LogP) is 1.05. The van der Waals surface area contributed by atoms with E-state index in [4.69, 9.17) is 5.73 Å². The molecule has 1 heterocycles. The van der Waals surface area contributed by atoms with Gasteiger partial charge in [-0.2, -0.15) is 0 Å². The minimum Gasteiger partial charge on any atom is -0.394 e. The molecule has 6 heteroatoms. The number of rotatable bonds is 5. The van der Waals surface area contributed by atoms with Crippen molar-refractivity contribution in [2.45, 2.75) is 50.2 Å². The zero-order chi connectivity index (χ0) is 17.8.